The van der Waals surface area contributed by atoms with Crippen LogP contribution < -0.4 is 0 Å². The van der Waals surface area contributed by atoms with Gasteiger partial charge in [0.15, 0.2) is 15.7 Å². The van der Waals surface area contributed by atoms with Crippen molar-refractivity contribution in [3.05, 3.63) is 41.7 Å². The van der Waals surface area contributed by atoms with Gasteiger partial charge in [0.1, 0.15) is 5.25 Å². The first-order valence-corrected chi connectivity index (χ1v) is 9.22. The first-order valence-electron chi connectivity index (χ1n) is 7.61. The van der Waals surface area contributed by atoms with Gasteiger partial charge in [-0.15, -0.1) is 5.10 Å². The zero-order chi connectivity index (χ0) is 15.7. The smallest absolute Gasteiger partial charge is 0.169 e. The molecule has 1 fully saturated rings. The van der Waals surface area contributed by atoms with Crippen LogP contribution in [0, 0.1) is 0 Å². The van der Waals surface area contributed by atoms with Crippen LogP contribution in [0.3, 0.4) is 0 Å². The average molecular weight is 320 g/mol. The van der Waals surface area contributed by atoms with E-state index in [9.17, 15) is 8.42 Å². The molecule has 1 aliphatic carbocycles. The summed E-state index contributed by atoms with van der Waals surface area (Å²) in [6.07, 6.45) is 2.56. The molecule has 0 saturated heterocycles. The predicted octanol–water partition coefficient (Wildman–Crippen LogP) is 2.64. The van der Waals surface area contributed by atoms with Crippen molar-refractivity contribution < 1.29 is 8.42 Å². The quantitative estimate of drug-likeness (QED) is 0.817. The molecule has 0 aliphatic heterocycles. The van der Waals surface area contributed by atoms with Gasteiger partial charge in [-0.2, -0.15) is 0 Å². The Kier molecular flexibility index (Phi) is 3.99. The molecule has 1 aromatic carbocycles. The molecule has 2 atom stereocenters. The summed E-state index contributed by atoms with van der Waals surface area (Å²) >= 11 is 0. The van der Waals surface area contributed by atoms with E-state index < -0.39 is 20.3 Å². The Morgan fingerprint density at radius 3 is 2.55 bits per heavy atom. The van der Waals surface area contributed by atoms with Crippen molar-refractivity contribution in [2.45, 2.75) is 49.7 Å². The lowest BCUT2D eigenvalue weighted by Crippen LogP contribution is -2.22. The van der Waals surface area contributed by atoms with Gasteiger partial charge in [0, 0.05) is 0 Å². The minimum atomic E-state index is -3.42. The Bertz CT molecular complexity index is 738. The van der Waals surface area contributed by atoms with Crippen LogP contribution >= 0.6 is 0 Å². The largest absolute Gasteiger partial charge is 0.227 e. The zero-order valence-electron chi connectivity index (χ0n) is 12.8. The molecule has 7 heteroatoms. The van der Waals surface area contributed by atoms with E-state index in [1.54, 1.807) is 11.6 Å². The molecule has 1 aromatic heterocycles. The standard InChI is InChI=1S/C15H20N4O2S/c1-3-14(12-7-5-4-6-8-12)22(20,21)11(2)15-16-17-18-19(15)13-9-10-13/h4-8,11,13-14H,3,9-10H2,1-2H3/t11-,14+/m1/s1. The van der Waals surface area contributed by atoms with Crippen LogP contribution in [0.5, 0.6) is 0 Å². The maximum absolute atomic E-state index is 13.0. The minimum Gasteiger partial charge on any atom is -0.227 e. The fraction of sp³-hybridized carbons (Fsp3) is 0.533. The van der Waals surface area contributed by atoms with Crippen molar-refractivity contribution in [1.82, 2.24) is 20.2 Å². The topological polar surface area (TPSA) is 77.7 Å². The second-order valence-corrected chi connectivity index (χ2v) is 8.21. The summed E-state index contributed by atoms with van der Waals surface area (Å²) < 4.78 is 27.8. The fourth-order valence-electron chi connectivity index (χ4n) is 2.77. The third-order valence-corrected chi connectivity index (χ3v) is 6.80. The number of nitrogens with zero attached hydrogens (tertiary/aromatic N) is 4. The molecule has 0 bridgehead atoms. The van der Waals surface area contributed by atoms with E-state index in [-0.39, 0.29) is 6.04 Å². The van der Waals surface area contributed by atoms with Gasteiger partial charge in [-0.1, -0.05) is 37.3 Å². The number of hydrogen-bond acceptors (Lipinski definition) is 5. The van der Waals surface area contributed by atoms with Crippen LogP contribution in [-0.4, -0.2) is 28.6 Å². The molecule has 118 valence electrons. The SMILES string of the molecule is CC[C@@H](c1ccccc1)S(=O)(=O)[C@H](C)c1nnnn1C1CC1. The Hall–Kier alpha value is -1.76. The van der Waals surface area contributed by atoms with Crippen molar-refractivity contribution in [1.29, 1.82) is 0 Å². The summed E-state index contributed by atoms with van der Waals surface area (Å²) in [5.74, 6) is 0.455. The molecular weight excluding hydrogens is 300 g/mol. The van der Waals surface area contributed by atoms with Crippen LogP contribution in [0.1, 0.15) is 61.0 Å². The van der Waals surface area contributed by atoms with Gasteiger partial charge in [-0.25, -0.2) is 13.1 Å². The van der Waals surface area contributed by atoms with Crippen LogP contribution in [0.2, 0.25) is 0 Å². The molecule has 1 saturated carbocycles. The number of rotatable bonds is 6. The second kappa shape index (κ2) is 5.79. The fourth-order valence-corrected chi connectivity index (χ4v) is 4.71. The van der Waals surface area contributed by atoms with Crippen molar-refractivity contribution >= 4 is 9.84 Å². The van der Waals surface area contributed by atoms with Crippen LogP contribution in [0.15, 0.2) is 30.3 Å². The third-order valence-electron chi connectivity index (χ3n) is 4.21. The van der Waals surface area contributed by atoms with Crippen LogP contribution in [0.4, 0.5) is 0 Å². The van der Waals surface area contributed by atoms with E-state index in [1.807, 2.05) is 37.3 Å². The second-order valence-electron chi connectivity index (χ2n) is 5.75. The van der Waals surface area contributed by atoms with Gasteiger partial charge in [0.25, 0.3) is 0 Å². The van der Waals surface area contributed by atoms with E-state index in [4.69, 9.17) is 0 Å². The molecular formula is C15H20N4O2S. The summed E-state index contributed by atoms with van der Waals surface area (Å²) in [6, 6.07) is 9.61. The van der Waals surface area contributed by atoms with Gasteiger partial charge in [0.2, 0.25) is 0 Å². The number of sulfone groups is 1. The summed E-state index contributed by atoms with van der Waals surface area (Å²) in [4.78, 5) is 0. The van der Waals surface area contributed by atoms with E-state index >= 15 is 0 Å². The predicted molar refractivity (Wildman–Crippen MR) is 82.9 cm³/mol. The molecule has 0 unspecified atom stereocenters. The average Bonchev–Trinajstić information content (AvgIpc) is 3.25. The summed E-state index contributed by atoms with van der Waals surface area (Å²) in [6.45, 7) is 3.58. The highest BCUT2D eigenvalue weighted by molar-refractivity contribution is 7.91. The molecule has 3 rings (SSSR count). The van der Waals surface area contributed by atoms with E-state index in [2.05, 4.69) is 15.5 Å². The molecule has 6 nitrogen and oxygen atoms in total. The van der Waals surface area contributed by atoms with Gasteiger partial charge >= 0.3 is 0 Å². The molecule has 0 N–H and O–H groups in total. The van der Waals surface area contributed by atoms with E-state index in [1.165, 1.54) is 0 Å². The number of tetrazole rings is 1. The molecule has 0 spiro atoms. The Morgan fingerprint density at radius 2 is 1.95 bits per heavy atom. The summed E-state index contributed by atoms with van der Waals surface area (Å²) in [7, 11) is -3.42. The van der Waals surface area contributed by atoms with Gasteiger partial charge in [0.05, 0.1) is 11.3 Å². The van der Waals surface area contributed by atoms with Crippen molar-refractivity contribution in [2.75, 3.05) is 0 Å². The summed E-state index contributed by atoms with van der Waals surface area (Å²) in [5.41, 5.74) is 0.822. The maximum atomic E-state index is 13.0. The lowest BCUT2D eigenvalue weighted by molar-refractivity contribution is 0.546. The van der Waals surface area contributed by atoms with Crippen molar-refractivity contribution in [3.63, 3.8) is 0 Å². The normalized spacial score (nSPS) is 18.1. The number of hydrogen-bond donors (Lipinski definition) is 0. The molecule has 2 aromatic rings. The molecule has 1 heterocycles. The van der Waals surface area contributed by atoms with Crippen molar-refractivity contribution in [3.8, 4) is 0 Å². The highest BCUT2D eigenvalue weighted by atomic mass is 32.2. The molecule has 0 radical (unpaired) electrons. The number of benzene rings is 1. The van der Waals surface area contributed by atoms with E-state index in [0.29, 0.717) is 12.2 Å². The van der Waals surface area contributed by atoms with E-state index in [0.717, 1.165) is 18.4 Å². The van der Waals surface area contributed by atoms with Gasteiger partial charge in [-0.05, 0) is 42.2 Å². The van der Waals surface area contributed by atoms with Crippen molar-refractivity contribution in [2.24, 2.45) is 0 Å². The highest BCUT2D eigenvalue weighted by Crippen LogP contribution is 2.39. The maximum Gasteiger partial charge on any atom is 0.169 e. The molecule has 0 amide bonds. The first kappa shape index (κ1) is 15.1. The molecule has 22 heavy (non-hydrogen) atoms. The molecule has 1 aliphatic rings. The van der Waals surface area contributed by atoms with Gasteiger partial charge < -0.3 is 0 Å². The van der Waals surface area contributed by atoms with Crippen LogP contribution in [0.25, 0.3) is 0 Å². The zero-order valence-corrected chi connectivity index (χ0v) is 13.6. The lowest BCUT2D eigenvalue weighted by atomic mass is 10.1. The monoisotopic (exact) mass is 320 g/mol. The Morgan fingerprint density at radius 1 is 1.27 bits per heavy atom. The Balaban J connectivity index is 1.95. The highest BCUT2D eigenvalue weighted by Gasteiger charge is 2.38. The minimum absolute atomic E-state index is 0.263. The Labute approximate surface area is 130 Å². The lowest BCUT2D eigenvalue weighted by Gasteiger charge is -2.21. The number of aromatic nitrogens is 4. The third kappa shape index (κ3) is 2.65. The first-order chi connectivity index (χ1) is 10.6. The van der Waals surface area contributed by atoms with Gasteiger partial charge in [-0.3, -0.25) is 0 Å². The summed E-state index contributed by atoms with van der Waals surface area (Å²) in [5, 5.41) is 10.4. The van der Waals surface area contributed by atoms with Crippen LogP contribution in [-0.2, 0) is 9.84 Å².